The van der Waals surface area contributed by atoms with Crippen LogP contribution in [0.1, 0.15) is 17.5 Å². The maximum Gasteiger partial charge on any atom is 0.279 e. The van der Waals surface area contributed by atoms with Crippen molar-refractivity contribution in [1.82, 2.24) is 4.31 Å². The first kappa shape index (κ1) is 20.3. The van der Waals surface area contributed by atoms with Gasteiger partial charge in [0.05, 0.1) is 31.1 Å². The topological polar surface area (TPSA) is 70.9 Å². The van der Waals surface area contributed by atoms with Gasteiger partial charge in [-0.3, -0.25) is 4.79 Å². The Morgan fingerprint density at radius 1 is 1.03 bits per heavy atom. The lowest BCUT2D eigenvalue weighted by Gasteiger charge is -2.31. The number of anilines is 1. The minimum absolute atomic E-state index is 0.0352. The number of rotatable bonds is 5. The molecule has 0 bridgehead atoms. The zero-order valence-electron chi connectivity index (χ0n) is 16.2. The second kappa shape index (κ2) is 8.44. The van der Waals surface area contributed by atoms with Gasteiger partial charge in [0.15, 0.2) is 6.54 Å². The fourth-order valence-corrected chi connectivity index (χ4v) is 5.62. The van der Waals surface area contributed by atoms with Crippen LogP contribution in [-0.4, -0.2) is 51.4 Å². The van der Waals surface area contributed by atoms with Gasteiger partial charge in [-0.2, -0.15) is 4.31 Å². The molecule has 1 amide bonds. The maximum absolute atomic E-state index is 12.8. The summed E-state index contributed by atoms with van der Waals surface area (Å²) in [5.41, 5.74) is 3.56. The van der Waals surface area contributed by atoms with Crippen LogP contribution >= 0.6 is 11.6 Å². The molecule has 2 N–H and O–H groups in total. The molecule has 1 aliphatic heterocycles. The highest BCUT2D eigenvalue weighted by atomic mass is 35.5. The summed E-state index contributed by atoms with van der Waals surface area (Å²) in [5, 5.41) is 3.49. The maximum atomic E-state index is 12.8. The molecule has 0 atom stereocenters. The second-order valence-electron chi connectivity index (χ2n) is 7.67. The third kappa shape index (κ3) is 4.64. The molecule has 2 aromatic rings. The lowest BCUT2D eigenvalue weighted by atomic mass is 10.1. The number of nitrogens with zero attached hydrogens (tertiary/aromatic N) is 1. The van der Waals surface area contributed by atoms with E-state index in [2.05, 4.69) is 17.4 Å². The van der Waals surface area contributed by atoms with Gasteiger partial charge in [-0.15, -0.1) is 0 Å². The van der Waals surface area contributed by atoms with Gasteiger partial charge in [-0.1, -0.05) is 17.7 Å². The smallest absolute Gasteiger partial charge is 0.279 e. The first-order chi connectivity index (χ1) is 13.9. The molecule has 0 aromatic heterocycles. The van der Waals surface area contributed by atoms with Crippen LogP contribution in [0.25, 0.3) is 0 Å². The lowest BCUT2D eigenvalue weighted by Crippen LogP contribution is -3.15. The van der Waals surface area contributed by atoms with E-state index in [9.17, 15) is 13.2 Å². The first-order valence-corrected chi connectivity index (χ1v) is 11.7. The van der Waals surface area contributed by atoms with Gasteiger partial charge < -0.3 is 10.2 Å². The van der Waals surface area contributed by atoms with Gasteiger partial charge in [0.1, 0.15) is 0 Å². The number of halogens is 1. The Labute approximate surface area is 176 Å². The van der Waals surface area contributed by atoms with Crippen LogP contribution in [0.2, 0.25) is 5.02 Å². The van der Waals surface area contributed by atoms with E-state index in [0.717, 1.165) is 23.4 Å². The molecule has 0 radical (unpaired) electrons. The lowest BCUT2D eigenvalue weighted by molar-refractivity contribution is -0.895. The van der Waals surface area contributed by atoms with E-state index >= 15 is 0 Å². The molecule has 6 nitrogen and oxygen atoms in total. The van der Waals surface area contributed by atoms with Crippen molar-refractivity contribution >= 4 is 33.2 Å². The fourth-order valence-electron chi connectivity index (χ4n) is 4.06. The highest BCUT2D eigenvalue weighted by molar-refractivity contribution is 7.89. The number of piperazine rings is 1. The Hall–Kier alpha value is -1.93. The molecular weight excluding hydrogens is 410 g/mol. The Kier molecular flexibility index (Phi) is 5.92. The summed E-state index contributed by atoms with van der Waals surface area (Å²) < 4.78 is 27.0. The molecule has 1 fully saturated rings. The molecule has 1 aliphatic carbocycles. The van der Waals surface area contributed by atoms with E-state index in [4.69, 9.17) is 11.6 Å². The summed E-state index contributed by atoms with van der Waals surface area (Å²) in [6.07, 6.45) is 3.38. The Morgan fingerprint density at radius 3 is 2.45 bits per heavy atom. The number of hydrogen-bond acceptors (Lipinski definition) is 3. The molecule has 154 valence electrons. The monoisotopic (exact) mass is 434 g/mol. The van der Waals surface area contributed by atoms with Crippen molar-refractivity contribution in [3.63, 3.8) is 0 Å². The number of carbonyl (C=O) groups excluding carboxylic acids is 1. The van der Waals surface area contributed by atoms with Crippen LogP contribution in [0.15, 0.2) is 47.4 Å². The minimum atomic E-state index is -3.52. The molecule has 0 unspecified atom stereocenters. The summed E-state index contributed by atoms with van der Waals surface area (Å²) in [5.74, 6) is -0.0352. The molecule has 8 heteroatoms. The van der Waals surface area contributed by atoms with Crippen LogP contribution in [-0.2, 0) is 27.7 Å². The van der Waals surface area contributed by atoms with Crippen LogP contribution in [0, 0.1) is 0 Å². The first-order valence-electron chi connectivity index (χ1n) is 9.93. The SMILES string of the molecule is O=C(C[NH+]1CCN(S(=O)(=O)c2ccc(Cl)cc2)CC1)Nc1ccc2c(c1)CCC2. The number of fused-ring (bicyclic) bond motifs is 1. The molecule has 2 aliphatic rings. The zero-order valence-corrected chi connectivity index (χ0v) is 17.7. The van der Waals surface area contributed by atoms with Crippen molar-refractivity contribution < 1.29 is 18.1 Å². The third-order valence-corrected chi connectivity index (χ3v) is 7.84. The van der Waals surface area contributed by atoms with Crippen LogP contribution in [0.3, 0.4) is 0 Å². The van der Waals surface area contributed by atoms with Gasteiger partial charge >= 0.3 is 0 Å². The van der Waals surface area contributed by atoms with E-state index in [1.165, 1.54) is 34.0 Å². The number of aryl methyl sites for hydroxylation is 2. The molecule has 1 heterocycles. The van der Waals surface area contributed by atoms with Crippen LogP contribution < -0.4 is 10.2 Å². The summed E-state index contributed by atoms with van der Waals surface area (Å²) in [6.45, 7) is 2.33. The highest BCUT2D eigenvalue weighted by Crippen LogP contribution is 2.24. The number of benzene rings is 2. The Balaban J connectivity index is 1.30. The molecule has 0 saturated carbocycles. The van der Waals surface area contributed by atoms with Crippen LogP contribution in [0.4, 0.5) is 5.69 Å². The number of quaternary nitrogens is 1. The van der Waals surface area contributed by atoms with Crippen molar-refractivity contribution in [2.24, 2.45) is 0 Å². The molecule has 1 saturated heterocycles. The summed E-state index contributed by atoms with van der Waals surface area (Å²) >= 11 is 5.85. The number of nitrogens with one attached hydrogen (secondary N) is 2. The molecular formula is C21H25ClN3O3S+. The Morgan fingerprint density at radius 2 is 1.72 bits per heavy atom. The number of sulfonamides is 1. The third-order valence-electron chi connectivity index (χ3n) is 5.67. The van der Waals surface area contributed by atoms with Crippen molar-refractivity contribution in [3.8, 4) is 0 Å². The van der Waals surface area contributed by atoms with Gasteiger partial charge in [-0.25, -0.2) is 8.42 Å². The van der Waals surface area contributed by atoms with Crippen LogP contribution in [0.5, 0.6) is 0 Å². The van der Waals surface area contributed by atoms with E-state index in [-0.39, 0.29) is 10.8 Å². The predicted molar refractivity (Wildman–Crippen MR) is 113 cm³/mol. The summed E-state index contributed by atoms with van der Waals surface area (Å²) in [6, 6.07) is 12.4. The zero-order chi connectivity index (χ0) is 20.4. The average molecular weight is 435 g/mol. The van der Waals surface area contributed by atoms with Crippen molar-refractivity contribution in [2.75, 3.05) is 38.0 Å². The molecule has 4 rings (SSSR count). The average Bonchev–Trinajstić information content (AvgIpc) is 3.16. The van der Waals surface area contributed by atoms with Gasteiger partial charge in [0.2, 0.25) is 10.0 Å². The fraction of sp³-hybridized carbons (Fsp3) is 0.381. The summed E-state index contributed by atoms with van der Waals surface area (Å²) in [4.78, 5) is 13.8. The van der Waals surface area contributed by atoms with Gasteiger partial charge in [0.25, 0.3) is 5.91 Å². The molecule has 0 spiro atoms. The molecule has 2 aromatic carbocycles. The van der Waals surface area contributed by atoms with Gasteiger partial charge in [0, 0.05) is 10.7 Å². The number of carbonyl (C=O) groups is 1. The second-order valence-corrected chi connectivity index (χ2v) is 10.0. The minimum Gasteiger partial charge on any atom is -0.325 e. The van der Waals surface area contributed by atoms with Crippen molar-refractivity contribution in [3.05, 3.63) is 58.6 Å². The molecule has 29 heavy (non-hydrogen) atoms. The van der Waals surface area contributed by atoms with Gasteiger partial charge in [-0.05, 0) is 66.8 Å². The van der Waals surface area contributed by atoms with Crippen molar-refractivity contribution in [1.29, 1.82) is 0 Å². The number of hydrogen-bond donors (Lipinski definition) is 2. The number of amides is 1. The van der Waals surface area contributed by atoms with E-state index in [1.807, 2.05) is 6.07 Å². The summed E-state index contributed by atoms with van der Waals surface area (Å²) in [7, 11) is -3.52. The Bertz CT molecular complexity index is 1000. The van der Waals surface area contributed by atoms with E-state index in [1.54, 1.807) is 12.1 Å². The largest absolute Gasteiger partial charge is 0.325 e. The standard InChI is InChI=1S/C21H24ClN3O3S/c22-18-5-8-20(9-6-18)29(27,28)25-12-10-24(11-13-25)15-21(26)23-19-7-4-16-2-1-3-17(16)14-19/h4-9,14H,1-3,10-13,15H2,(H,23,26)/p+1. The normalized spacial score (nSPS) is 17.8. The quantitative estimate of drug-likeness (QED) is 0.746. The predicted octanol–water partition coefficient (Wildman–Crippen LogP) is 1.36. The van der Waals surface area contributed by atoms with Crippen molar-refractivity contribution in [2.45, 2.75) is 24.2 Å². The highest BCUT2D eigenvalue weighted by Gasteiger charge is 2.31. The van der Waals surface area contributed by atoms with E-state index in [0.29, 0.717) is 37.7 Å². The van der Waals surface area contributed by atoms with E-state index < -0.39 is 10.0 Å².